The second-order valence-corrected chi connectivity index (χ2v) is 13.3. The van der Waals surface area contributed by atoms with Gasteiger partial charge in [0.2, 0.25) is 11.8 Å². The number of ether oxygens (including phenoxy) is 1. The van der Waals surface area contributed by atoms with Gasteiger partial charge in [-0.25, -0.2) is 8.42 Å². The highest BCUT2D eigenvalue weighted by Crippen LogP contribution is 2.35. The molecular weight excluding hydrogens is 610 g/mol. The van der Waals surface area contributed by atoms with Gasteiger partial charge in [-0.1, -0.05) is 104 Å². The molecule has 0 heterocycles. The summed E-state index contributed by atoms with van der Waals surface area (Å²) in [5, 5.41) is 3.25. The van der Waals surface area contributed by atoms with Gasteiger partial charge in [0.1, 0.15) is 18.3 Å². The molecule has 10 heteroatoms. The van der Waals surface area contributed by atoms with Crippen molar-refractivity contribution in [3.63, 3.8) is 0 Å². The van der Waals surface area contributed by atoms with E-state index in [1.165, 1.54) is 30.2 Å². The lowest BCUT2D eigenvalue weighted by Gasteiger charge is -2.34. The Labute approximate surface area is 270 Å². The number of amides is 2. The molecule has 4 aromatic rings. The number of nitrogens with one attached hydrogen (secondary N) is 1. The van der Waals surface area contributed by atoms with E-state index in [2.05, 4.69) is 5.32 Å². The smallest absolute Gasteiger partial charge is 0.264 e. The highest BCUT2D eigenvalue weighted by molar-refractivity contribution is 7.92. The van der Waals surface area contributed by atoms with Crippen LogP contribution in [-0.2, 0) is 32.6 Å². The van der Waals surface area contributed by atoms with E-state index in [0.29, 0.717) is 6.54 Å². The van der Waals surface area contributed by atoms with Gasteiger partial charge in [-0.05, 0) is 47.4 Å². The minimum atomic E-state index is -4.28. The SMILES string of the molecule is COc1ccc(Cl)cc1N(CC(=O)N(Cc1ccccc1)C(Cc1ccccc1)C(=O)NCC(C)C)S(=O)(=O)c1ccccc1. The fraction of sp³-hybridized carbons (Fsp3) is 0.257. The topological polar surface area (TPSA) is 96.0 Å². The van der Waals surface area contributed by atoms with Crippen molar-refractivity contribution < 1.29 is 22.7 Å². The van der Waals surface area contributed by atoms with Crippen LogP contribution in [0.25, 0.3) is 0 Å². The normalized spacial score (nSPS) is 11.9. The van der Waals surface area contributed by atoms with Gasteiger partial charge in [0.25, 0.3) is 10.0 Å². The molecule has 0 aliphatic heterocycles. The third kappa shape index (κ3) is 8.86. The molecule has 45 heavy (non-hydrogen) atoms. The van der Waals surface area contributed by atoms with Crippen molar-refractivity contribution in [2.24, 2.45) is 5.92 Å². The molecule has 1 N–H and O–H groups in total. The summed E-state index contributed by atoms with van der Waals surface area (Å²) in [5.74, 6) is -0.487. The van der Waals surface area contributed by atoms with Crippen molar-refractivity contribution in [1.29, 1.82) is 0 Å². The van der Waals surface area contributed by atoms with E-state index in [9.17, 15) is 18.0 Å². The third-order valence-electron chi connectivity index (χ3n) is 7.17. The van der Waals surface area contributed by atoms with Crippen LogP contribution in [-0.4, -0.2) is 51.4 Å². The largest absolute Gasteiger partial charge is 0.495 e. The zero-order valence-corrected chi connectivity index (χ0v) is 27.2. The van der Waals surface area contributed by atoms with Gasteiger partial charge >= 0.3 is 0 Å². The lowest BCUT2D eigenvalue weighted by molar-refractivity contribution is -0.140. The number of carbonyl (C=O) groups is 2. The fourth-order valence-corrected chi connectivity index (χ4v) is 6.45. The van der Waals surface area contributed by atoms with Crippen molar-refractivity contribution in [3.05, 3.63) is 125 Å². The summed E-state index contributed by atoms with van der Waals surface area (Å²) < 4.78 is 34.9. The number of hydrogen-bond acceptors (Lipinski definition) is 5. The number of halogens is 1. The molecule has 4 aromatic carbocycles. The van der Waals surface area contributed by atoms with Crippen LogP contribution < -0.4 is 14.4 Å². The molecule has 0 aliphatic carbocycles. The third-order valence-corrected chi connectivity index (χ3v) is 9.18. The number of benzene rings is 4. The molecule has 0 aromatic heterocycles. The summed E-state index contributed by atoms with van der Waals surface area (Å²) in [6, 6.07) is 30.2. The van der Waals surface area contributed by atoms with Crippen LogP contribution in [0.4, 0.5) is 5.69 Å². The van der Waals surface area contributed by atoms with Crippen LogP contribution in [0.1, 0.15) is 25.0 Å². The zero-order valence-electron chi connectivity index (χ0n) is 25.6. The number of anilines is 1. The summed E-state index contributed by atoms with van der Waals surface area (Å²) in [6.07, 6.45) is 0.231. The van der Waals surface area contributed by atoms with Crippen LogP contribution in [0.15, 0.2) is 114 Å². The van der Waals surface area contributed by atoms with Gasteiger partial charge in [-0.3, -0.25) is 13.9 Å². The maximum absolute atomic E-state index is 14.5. The highest BCUT2D eigenvalue weighted by Gasteiger charge is 2.35. The Bertz CT molecular complexity index is 1670. The molecule has 0 radical (unpaired) electrons. The van der Waals surface area contributed by atoms with E-state index >= 15 is 0 Å². The second-order valence-electron chi connectivity index (χ2n) is 11.0. The molecular formula is C35H38ClN3O5S. The first-order valence-corrected chi connectivity index (χ1v) is 16.5. The van der Waals surface area contributed by atoms with E-state index in [1.54, 1.807) is 30.3 Å². The molecule has 1 atom stereocenters. The monoisotopic (exact) mass is 647 g/mol. The van der Waals surface area contributed by atoms with E-state index in [-0.39, 0.29) is 46.1 Å². The van der Waals surface area contributed by atoms with E-state index in [4.69, 9.17) is 16.3 Å². The minimum Gasteiger partial charge on any atom is -0.495 e. The Morgan fingerprint density at radius 3 is 2.00 bits per heavy atom. The average molecular weight is 648 g/mol. The maximum atomic E-state index is 14.5. The molecule has 0 saturated carbocycles. The first kappa shape index (κ1) is 33.6. The molecule has 236 valence electrons. The maximum Gasteiger partial charge on any atom is 0.264 e. The van der Waals surface area contributed by atoms with Gasteiger partial charge < -0.3 is 15.0 Å². The minimum absolute atomic E-state index is 0.00931. The Morgan fingerprint density at radius 1 is 0.844 bits per heavy atom. The van der Waals surface area contributed by atoms with Crippen LogP contribution in [0, 0.1) is 5.92 Å². The number of carbonyl (C=O) groups excluding carboxylic acids is 2. The van der Waals surface area contributed by atoms with Crippen molar-refractivity contribution >= 4 is 39.1 Å². The average Bonchev–Trinajstić information content (AvgIpc) is 3.05. The fourth-order valence-electron chi connectivity index (χ4n) is 4.85. The Hall–Kier alpha value is -4.34. The quantitative estimate of drug-likeness (QED) is 0.182. The molecule has 8 nitrogen and oxygen atoms in total. The molecule has 1 unspecified atom stereocenters. The van der Waals surface area contributed by atoms with Crippen LogP contribution >= 0.6 is 11.6 Å². The Balaban J connectivity index is 1.82. The van der Waals surface area contributed by atoms with Crippen molar-refractivity contribution in [2.75, 3.05) is 24.5 Å². The van der Waals surface area contributed by atoms with Crippen LogP contribution in [0.5, 0.6) is 5.75 Å². The lowest BCUT2D eigenvalue weighted by atomic mass is 10.0. The zero-order chi connectivity index (χ0) is 32.4. The second kappa shape index (κ2) is 15.6. The van der Waals surface area contributed by atoms with Crippen molar-refractivity contribution in [3.8, 4) is 5.75 Å². The summed E-state index contributed by atoms with van der Waals surface area (Å²) in [5.41, 5.74) is 1.75. The van der Waals surface area contributed by atoms with Crippen LogP contribution in [0.2, 0.25) is 5.02 Å². The Kier molecular flexibility index (Phi) is 11.6. The molecule has 4 rings (SSSR count). The first-order valence-electron chi connectivity index (χ1n) is 14.7. The number of methoxy groups -OCH3 is 1. The van der Waals surface area contributed by atoms with Gasteiger partial charge in [-0.2, -0.15) is 0 Å². The van der Waals surface area contributed by atoms with E-state index in [1.807, 2.05) is 74.5 Å². The number of hydrogen-bond donors (Lipinski definition) is 1. The van der Waals surface area contributed by atoms with Gasteiger partial charge in [-0.15, -0.1) is 0 Å². The van der Waals surface area contributed by atoms with Gasteiger partial charge in [0.15, 0.2) is 0 Å². The number of sulfonamides is 1. The standard InChI is InChI=1S/C35H38ClN3O5S/c1-26(2)23-37-35(41)32(21-27-13-7-4-8-14-27)38(24-28-15-9-5-10-16-28)34(40)25-39(31-22-29(36)19-20-33(31)44-3)45(42,43)30-17-11-6-12-18-30/h4-20,22,26,32H,21,23-25H2,1-3H3,(H,37,41). The lowest BCUT2D eigenvalue weighted by Crippen LogP contribution is -2.53. The highest BCUT2D eigenvalue weighted by atomic mass is 35.5. The number of rotatable bonds is 14. The molecule has 2 amide bonds. The summed E-state index contributed by atoms with van der Waals surface area (Å²) in [6.45, 7) is 3.88. The molecule has 0 aliphatic rings. The van der Waals surface area contributed by atoms with Gasteiger partial charge in [0.05, 0.1) is 17.7 Å². The predicted octanol–water partition coefficient (Wildman–Crippen LogP) is 5.96. The molecule has 0 saturated heterocycles. The van der Waals surface area contributed by atoms with Crippen LogP contribution in [0.3, 0.4) is 0 Å². The van der Waals surface area contributed by atoms with E-state index < -0.39 is 28.5 Å². The van der Waals surface area contributed by atoms with Gasteiger partial charge in [0, 0.05) is 24.5 Å². The summed E-state index contributed by atoms with van der Waals surface area (Å²) in [7, 11) is -2.87. The predicted molar refractivity (Wildman–Crippen MR) is 178 cm³/mol. The molecule has 0 fully saturated rings. The Morgan fingerprint density at radius 2 is 1.42 bits per heavy atom. The van der Waals surface area contributed by atoms with E-state index in [0.717, 1.165) is 15.4 Å². The molecule has 0 bridgehead atoms. The molecule has 0 spiro atoms. The summed E-state index contributed by atoms with van der Waals surface area (Å²) in [4.78, 5) is 29.8. The summed E-state index contributed by atoms with van der Waals surface area (Å²) >= 11 is 6.34. The van der Waals surface area contributed by atoms with Crippen molar-refractivity contribution in [2.45, 2.75) is 37.8 Å². The van der Waals surface area contributed by atoms with Crippen molar-refractivity contribution in [1.82, 2.24) is 10.2 Å². The first-order chi connectivity index (χ1) is 21.6. The number of nitrogens with zero attached hydrogens (tertiary/aromatic N) is 2.